The standard InChI is InChI=1S/C15H13NO2/c1-10-2-4-11(5-3-10)12-6-7-14-13(8-12)16-15(17)9-18-14/h2-8H,9H2,1H3,(H,16,17). The van der Waals surface area contributed by atoms with Crippen molar-refractivity contribution in [3.05, 3.63) is 48.0 Å². The van der Waals surface area contributed by atoms with Gasteiger partial charge in [-0.25, -0.2) is 0 Å². The van der Waals surface area contributed by atoms with Crippen LogP contribution in [0.5, 0.6) is 5.75 Å². The summed E-state index contributed by atoms with van der Waals surface area (Å²) in [4.78, 5) is 11.3. The molecule has 0 bridgehead atoms. The fourth-order valence-electron chi connectivity index (χ4n) is 2.01. The first-order chi connectivity index (χ1) is 8.72. The molecule has 0 atom stereocenters. The molecule has 0 saturated carbocycles. The van der Waals surface area contributed by atoms with E-state index in [1.165, 1.54) is 5.56 Å². The molecule has 3 nitrogen and oxygen atoms in total. The van der Waals surface area contributed by atoms with Crippen molar-refractivity contribution in [2.24, 2.45) is 0 Å². The van der Waals surface area contributed by atoms with Crippen molar-refractivity contribution < 1.29 is 9.53 Å². The van der Waals surface area contributed by atoms with Crippen LogP contribution in [0.25, 0.3) is 11.1 Å². The lowest BCUT2D eigenvalue weighted by molar-refractivity contribution is -0.118. The van der Waals surface area contributed by atoms with Gasteiger partial charge in [0.05, 0.1) is 5.69 Å². The smallest absolute Gasteiger partial charge is 0.262 e. The molecular formula is C15H13NO2. The minimum Gasteiger partial charge on any atom is -0.482 e. The van der Waals surface area contributed by atoms with Crippen molar-refractivity contribution >= 4 is 11.6 Å². The van der Waals surface area contributed by atoms with Gasteiger partial charge in [-0.2, -0.15) is 0 Å². The van der Waals surface area contributed by atoms with E-state index in [2.05, 4.69) is 36.5 Å². The molecule has 18 heavy (non-hydrogen) atoms. The summed E-state index contributed by atoms with van der Waals surface area (Å²) in [6, 6.07) is 14.1. The number of benzene rings is 2. The lowest BCUT2D eigenvalue weighted by Crippen LogP contribution is -2.25. The van der Waals surface area contributed by atoms with E-state index in [4.69, 9.17) is 4.74 Å². The van der Waals surface area contributed by atoms with Crippen molar-refractivity contribution in [2.45, 2.75) is 6.92 Å². The van der Waals surface area contributed by atoms with E-state index in [1.807, 2.05) is 18.2 Å². The molecule has 0 unspecified atom stereocenters. The van der Waals surface area contributed by atoms with E-state index in [9.17, 15) is 4.79 Å². The van der Waals surface area contributed by atoms with Crippen LogP contribution in [-0.4, -0.2) is 12.5 Å². The molecule has 1 N–H and O–H groups in total. The molecule has 0 radical (unpaired) electrons. The maximum Gasteiger partial charge on any atom is 0.262 e. The van der Waals surface area contributed by atoms with Gasteiger partial charge in [-0.1, -0.05) is 35.9 Å². The number of rotatable bonds is 1. The third-order valence-electron chi connectivity index (χ3n) is 3.00. The summed E-state index contributed by atoms with van der Waals surface area (Å²) in [7, 11) is 0. The zero-order chi connectivity index (χ0) is 12.5. The molecule has 1 aliphatic rings. The summed E-state index contributed by atoms with van der Waals surface area (Å²) in [6.45, 7) is 2.15. The number of amides is 1. The SMILES string of the molecule is Cc1ccc(-c2ccc3c(c2)NC(=O)CO3)cc1. The summed E-state index contributed by atoms with van der Waals surface area (Å²) in [5.41, 5.74) is 4.17. The first kappa shape index (κ1) is 10.8. The summed E-state index contributed by atoms with van der Waals surface area (Å²) in [5, 5.41) is 2.82. The van der Waals surface area contributed by atoms with E-state index in [0.29, 0.717) is 0 Å². The van der Waals surface area contributed by atoms with Crippen LogP contribution in [0, 0.1) is 6.92 Å². The highest BCUT2D eigenvalue weighted by atomic mass is 16.5. The highest BCUT2D eigenvalue weighted by molar-refractivity contribution is 5.96. The lowest BCUT2D eigenvalue weighted by atomic mass is 10.0. The predicted octanol–water partition coefficient (Wildman–Crippen LogP) is 2.99. The largest absolute Gasteiger partial charge is 0.482 e. The third-order valence-corrected chi connectivity index (χ3v) is 3.00. The molecule has 2 aromatic rings. The quantitative estimate of drug-likeness (QED) is 0.830. The number of nitrogens with one attached hydrogen (secondary N) is 1. The van der Waals surface area contributed by atoms with Crippen LogP contribution in [0.4, 0.5) is 5.69 Å². The zero-order valence-electron chi connectivity index (χ0n) is 10.1. The Bertz CT molecular complexity index is 602. The third kappa shape index (κ3) is 1.95. The van der Waals surface area contributed by atoms with Gasteiger partial charge in [-0.15, -0.1) is 0 Å². The van der Waals surface area contributed by atoms with Crippen LogP contribution in [0.3, 0.4) is 0 Å². The average Bonchev–Trinajstić information content (AvgIpc) is 2.38. The Morgan fingerprint density at radius 3 is 2.56 bits per heavy atom. The Balaban J connectivity index is 2.01. The minimum absolute atomic E-state index is 0.0941. The first-order valence-corrected chi connectivity index (χ1v) is 5.86. The van der Waals surface area contributed by atoms with Gasteiger partial charge in [0.15, 0.2) is 6.61 Å². The lowest BCUT2D eigenvalue weighted by Gasteiger charge is -2.18. The van der Waals surface area contributed by atoms with Crippen LogP contribution < -0.4 is 10.1 Å². The molecule has 0 fully saturated rings. The van der Waals surface area contributed by atoms with Gasteiger partial charge in [0.1, 0.15) is 5.75 Å². The number of ether oxygens (including phenoxy) is 1. The van der Waals surface area contributed by atoms with Gasteiger partial charge < -0.3 is 10.1 Å². The van der Waals surface area contributed by atoms with Crippen LogP contribution in [0.1, 0.15) is 5.56 Å². The number of carbonyl (C=O) groups excluding carboxylic acids is 1. The fraction of sp³-hybridized carbons (Fsp3) is 0.133. The monoisotopic (exact) mass is 239 g/mol. The summed E-state index contributed by atoms with van der Waals surface area (Å²) in [5.74, 6) is 0.619. The second-order valence-electron chi connectivity index (χ2n) is 4.41. The molecular weight excluding hydrogens is 226 g/mol. The molecule has 0 aromatic heterocycles. The van der Waals surface area contributed by atoms with Crippen LogP contribution in [-0.2, 0) is 4.79 Å². The van der Waals surface area contributed by atoms with Crippen molar-refractivity contribution in [3.63, 3.8) is 0 Å². The summed E-state index contributed by atoms with van der Waals surface area (Å²) in [6.07, 6.45) is 0. The number of hydrogen-bond donors (Lipinski definition) is 1. The van der Waals surface area contributed by atoms with Gasteiger partial charge in [0.25, 0.3) is 5.91 Å². The van der Waals surface area contributed by atoms with E-state index < -0.39 is 0 Å². The molecule has 0 spiro atoms. The van der Waals surface area contributed by atoms with Gasteiger partial charge in [-0.3, -0.25) is 4.79 Å². The van der Waals surface area contributed by atoms with Crippen LogP contribution in [0.15, 0.2) is 42.5 Å². The Labute approximate surface area is 105 Å². The summed E-state index contributed by atoms with van der Waals surface area (Å²) < 4.78 is 5.33. The maximum absolute atomic E-state index is 11.3. The number of hydrogen-bond acceptors (Lipinski definition) is 2. The van der Waals surface area contributed by atoms with Gasteiger partial charge >= 0.3 is 0 Å². The Hall–Kier alpha value is -2.29. The van der Waals surface area contributed by atoms with Crippen molar-refractivity contribution in [2.75, 3.05) is 11.9 Å². The molecule has 1 amide bonds. The molecule has 3 heteroatoms. The van der Waals surface area contributed by atoms with Crippen LogP contribution in [0.2, 0.25) is 0 Å². The molecule has 90 valence electrons. The van der Waals surface area contributed by atoms with E-state index in [1.54, 1.807) is 0 Å². The van der Waals surface area contributed by atoms with Gasteiger partial charge in [0.2, 0.25) is 0 Å². The Morgan fingerprint density at radius 2 is 1.78 bits per heavy atom. The first-order valence-electron chi connectivity index (χ1n) is 5.86. The topological polar surface area (TPSA) is 38.3 Å². The number of aryl methyl sites for hydroxylation is 1. The number of fused-ring (bicyclic) bond motifs is 1. The highest BCUT2D eigenvalue weighted by Gasteiger charge is 2.16. The van der Waals surface area contributed by atoms with Crippen molar-refractivity contribution in [1.29, 1.82) is 0 Å². The molecule has 2 aromatic carbocycles. The zero-order valence-corrected chi connectivity index (χ0v) is 10.1. The summed E-state index contributed by atoms with van der Waals surface area (Å²) >= 11 is 0. The molecule has 1 heterocycles. The van der Waals surface area contributed by atoms with Crippen molar-refractivity contribution in [1.82, 2.24) is 0 Å². The van der Waals surface area contributed by atoms with Crippen molar-refractivity contribution in [3.8, 4) is 16.9 Å². The maximum atomic E-state index is 11.3. The minimum atomic E-state index is -0.108. The number of anilines is 1. The molecule has 0 aliphatic carbocycles. The molecule has 3 rings (SSSR count). The normalized spacial score (nSPS) is 13.5. The van der Waals surface area contributed by atoms with Crippen LogP contribution >= 0.6 is 0 Å². The van der Waals surface area contributed by atoms with E-state index >= 15 is 0 Å². The number of carbonyl (C=O) groups is 1. The van der Waals surface area contributed by atoms with Gasteiger partial charge in [-0.05, 0) is 30.2 Å². The van der Waals surface area contributed by atoms with E-state index in [-0.39, 0.29) is 12.5 Å². The second-order valence-corrected chi connectivity index (χ2v) is 4.41. The van der Waals surface area contributed by atoms with E-state index in [0.717, 1.165) is 22.6 Å². The second kappa shape index (κ2) is 4.18. The molecule has 1 aliphatic heterocycles. The fourth-order valence-corrected chi connectivity index (χ4v) is 2.01. The van der Waals surface area contributed by atoms with Gasteiger partial charge in [0, 0.05) is 0 Å². The highest BCUT2D eigenvalue weighted by Crippen LogP contribution is 2.32. The Kier molecular flexibility index (Phi) is 2.52. The molecule has 0 saturated heterocycles. The predicted molar refractivity (Wildman–Crippen MR) is 70.7 cm³/mol. The Morgan fingerprint density at radius 1 is 1.06 bits per heavy atom. The average molecular weight is 239 g/mol.